The maximum atomic E-state index is 5.21. The van der Waals surface area contributed by atoms with Gasteiger partial charge in [-0.1, -0.05) is 0 Å². The standard InChI is InChI=1S/C6H12N2O2/c1-5-6(8-3-9-1)2-10-4-7-5/h5-8H,1-4H2/t5-,6-/m0/s1. The third-order valence-electron chi connectivity index (χ3n) is 1.98. The SMILES string of the molecule is C1N[C@H]2COCN[C@H]2CO1. The van der Waals surface area contributed by atoms with E-state index in [-0.39, 0.29) is 0 Å². The largest absolute Gasteiger partial charge is 0.365 e. The van der Waals surface area contributed by atoms with Gasteiger partial charge in [-0.05, 0) is 0 Å². The molecule has 10 heavy (non-hydrogen) atoms. The molecule has 4 nitrogen and oxygen atoms in total. The van der Waals surface area contributed by atoms with E-state index in [1.807, 2.05) is 0 Å². The van der Waals surface area contributed by atoms with Gasteiger partial charge in [0.1, 0.15) is 0 Å². The van der Waals surface area contributed by atoms with Gasteiger partial charge in [-0.3, -0.25) is 10.6 Å². The van der Waals surface area contributed by atoms with E-state index in [0.717, 1.165) is 13.2 Å². The maximum Gasteiger partial charge on any atom is 0.0969 e. The van der Waals surface area contributed by atoms with E-state index < -0.39 is 0 Å². The molecule has 2 N–H and O–H groups in total. The predicted octanol–water partition coefficient (Wildman–Crippen LogP) is -1.12. The second-order valence-electron chi connectivity index (χ2n) is 2.65. The molecule has 0 aromatic carbocycles. The molecule has 2 rings (SSSR count). The van der Waals surface area contributed by atoms with Crippen molar-refractivity contribution in [3.63, 3.8) is 0 Å². The van der Waals surface area contributed by atoms with Gasteiger partial charge in [0.15, 0.2) is 0 Å². The highest BCUT2D eigenvalue weighted by atomic mass is 16.5. The summed E-state index contributed by atoms with van der Waals surface area (Å²) in [6.07, 6.45) is 0. The fourth-order valence-corrected chi connectivity index (χ4v) is 1.34. The average Bonchev–Trinajstić information content (AvgIpc) is 2.05. The van der Waals surface area contributed by atoms with Crippen molar-refractivity contribution in [2.45, 2.75) is 12.1 Å². The Hall–Kier alpha value is -0.160. The van der Waals surface area contributed by atoms with E-state index in [9.17, 15) is 0 Å². The molecule has 0 spiro atoms. The average molecular weight is 144 g/mol. The molecule has 2 atom stereocenters. The molecule has 0 unspecified atom stereocenters. The Kier molecular flexibility index (Phi) is 1.86. The van der Waals surface area contributed by atoms with Gasteiger partial charge >= 0.3 is 0 Å². The highest BCUT2D eigenvalue weighted by Crippen LogP contribution is 2.04. The molecule has 0 radical (unpaired) electrons. The van der Waals surface area contributed by atoms with Crippen molar-refractivity contribution < 1.29 is 9.47 Å². The van der Waals surface area contributed by atoms with Crippen LogP contribution in [0.3, 0.4) is 0 Å². The first-order valence-electron chi connectivity index (χ1n) is 3.59. The first-order chi connectivity index (χ1) is 4.97. The summed E-state index contributed by atoms with van der Waals surface area (Å²) in [4.78, 5) is 0. The lowest BCUT2D eigenvalue weighted by atomic mass is 10.1. The third-order valence-corrected chi connectivity index (χ3v) is 1.98. The van der Waals surface area contributed by atoms with Gasteiger partial charge < -0.3 is 9.47 Å². The Labute approximate surface area is 59.9 Å². The zero-order valence-corrected chi connectivity index (χ0v) is 5.80. The minimum atomic E-state index is 0.447. The zero-order chi connectivity index (χ0) is 6.81. The maximum absolute atomic E-state index is 5.21. The van der Waals surface area contributed by atoms with E-state index in [0.29, 0.717) is 25.5 Å². The fourth-order valence-electron chi connectivity index (χ4n) is 1.34. The number of ether oxygens (including phenoxy) is 2. The number of nitrogens with one attached hydrogen (secondary N) is 2. The van der Waals surface area contributed by atoms with Crippen LogP contribution in [0.15, 0.2) is 0 Å². The van der Waals surface area contributed by atoms with Crippen molar-refractivity contribution in [2.24, 2.45) is 0 Å². The number of fused-ring (bicyclic) bond motifs is 1. The van der Waals surface area contributed by atoms with Crippen LogP contribution in [0.25, 0.3) is 0 Å². The lowest BCUT2D eigenvalue weighted by Crippen LogP contribution is -2.60. The summed E-state index contributed by atoms with van der Waals surface area (Å²) in [6.45, 7) is 2.93. The van der Waals surface area contributed by atoms with Crippen molar-refractivity contribution in [3.05, 3.63) is 0 Å². The minimum absolute atomic E-state index is 0.447. The zero-order valence-electron chi connectivity index (χ0n) is 5.80. The number of hydrogen-bond acceptors (Lipinski definition) is 4. The predicted molar refractivity (Wildman–Crippen MR) is 35.5 cm³/mol. The molecule has 0 saturated carbocycles. The monoisotopic (exact) mass is 144 g/mol. The van der Waals surface area contributed by atoms with Gasteiger partial charge in [0.05, 0.1) is 26.7 Å². The second kappa shape index (κ2) is 2.84. The highest BCUT2D eigenvalue weighted by Gasteiger charge is 2.27. The summed E-state index contributed by atoms with van der Waals surface area (Å²) in [7, 11) is 0. The van der Waals surface area contributed by atoms with Gasteiger partial charge in [0, 0.05) is 12.1 Å². The Morgan fingerprint density at radius 2 is 1.40 bits per heavy atom. The molecule has 2 saturated heterocycles. The summed E-state index contributed by atoms with van der Waals surface area (Å²) in [5.41, 5.74) is 0. The van der Waals surface area contributed by atoms with Crippen LogP contribution in [-0.4, -0.2) is 38.8 Å². The van der Waals surface area contributed by atoms with Crippen LogP contribution in [0.2, 0.25) is 0 Å². The van der Waals surface area contributed by atoms with Crippen LogP contribution in [0.1, 0.15) is 0 Å². The molecule has 0 aromatic heterocycles. The lowest BCUT2D eigenvalue weighted by Gasteiger charge is -2.36. The van der Waals surface area contributed by atoms with Crippen molar-refractivity contribution >= 4 is 0 Å². The van der Waals surface area contributed by atoms with Gasteiger partial charge in [0.25, 0.3) is 0 Å². The summed E-state index contributed by atoms with van der Waals surface area (Å²) in [5, 5.41) is 6.42. The van der Waals surface area contributed by atoms with Gasteiger partial charge in [-0.15, -0.1) is 0 Å². The molecule has 4 heteroatoms. The molecule has 2 fully saturated rings. The topological polar surface area (TPSA) is 42.5 Å². The molecule has 2 heterocycles. The Bertz CT molecular complexity index is 94.3. The second-order valence-corrected chi connectivity index (χ2v) is 2.65. The summed E-state index contributed by atoms with van der Waals surface area (Å²) in [6, 6.07) is 0.894. The summed E-state index contributed by atoms with van der Waals surface area (Å²) < 4.78 is 10.4. The van der Waals surface area contributed by atoms with Crippen LogP contribution in [-0.2, 0) is 9.47 Å². The summed E-state index contributed by atoms with van der Waals surface area (Å²) in [5.74, 6) is 0. The van der Waals surface area contributed by atoms with Crippen LogP contribution in [0.4, 0.5) is 0 Å². The van der Waals surface area contributed by atoms with Crippen LogP contribution < -0.4 is 10.6 Å². The van der Waals surface area contributed by atoms with Crippen molar-refractivity contribution in [1.82, 2.24) is 10.6 Å². The van der Waals surface area contributed by atoms with Crippen molar-refractivity contribution in [3.8, 4) is 0 Å². The van der Waals surface area contributed by atoms with Crippen LogP contribution >= 0.6 is 0 Å². The molecule has 2 aliphatic heterocycles. The molecule has 0 aromatic rings. The first-order valence-corrected chi connectivity index (χ1v) is 3.59. The van der Waals surface area contributed by atoms with Crippen LogP contribution in [0.5, 0.6) is 0 Å². The molecule has 0 bridgehead atoms. The molecule has 58 valence electrons. The van der Waals surface area contributed by atoms with Crippen molar-refractivity contribution in [1.29, 1.82) is 0 Å². The molecular weight excluding hydrogens is 132 g/mol. The van der Waals surface area contributed by atoms with Gasteiger partial charge in [-0.25, -0.2) is 0 Å². The van der Waals surface area contributed by atoms with E-state index in [1.54, 1.807) is 0 Å². The van der Waals surface area contributed by atoms with Gasteiger partial charge in [-0.2, -0.15) is 0 Å². The fraction of sp³-hybridized carbons (Fsp3) is 1.00. The Morgan fingerprint density at radius 1 is 0.900 bits per heavy atom. The van der Waals surface area contributed by atoms with Crippen molar-refractivity contribution in [2.75, 3.05) is 26.7 Å². The first kappa shape index (κ1) is 6.54. The smallest absolute Gasteiger partial charge is 0.0969 e. The van der Waals surface area contributed by atoms with E-state index >= 15 is 0 Å². The molecule has 0 aliphatic carbocycles. The van der Waals surface area contributed by atoms with E-state index in [2.05, 4.69) is 10.6 Å². The lowest BCUT2D eigenvalue weighted by molar-refractivity contribution is -0.0423. The highest BCUT2D eigenvalue weighted by molar-refractivity contribution is 4.85. The van der Waals surface area contributed by atoms with E-state index in [1.165, 1.54) is 0 Å². The molecule has 2 aliphatic rings. The Morgan fingerprint density at radius 3 is 1.90 bits per heavy atom. The van der Waals surface area contributed by atoms with Crippen LogP contribution in [0, 0.1) is 0 Å². The van der Waals surface area contributed by atoms with Gasteiger partial charge in [0.2, 0.25) is 0 Å². The van der Waals surface area contributed by atoms with E-state index in [4.69, 9.17) is 9.47 Å². The molecule has 0 amide bonds. The number of rotatable bonds is 0. The molecular formula is C6H12N2O2. The number of hydrogen-bond donors (Lipinski definition) is 2. The third kappa shape index (κ3) is 1.15. The minimum Gasteiger partial charge on any atom is -0.365 e. The Balaban J connectivity index is 1.93. The quantitative estimate of drug-likeness (QED) is 0.452. The normalized spacial score (nSPS) is 40.8. The summed E-state index contributed by atoms with van der Waals surface area (Å²) >= 11 is 0.